The number of unbranched alkanes of at least 4 members (excludes halogenated alkanes) is 2. The minimum Gasteiger partial charge on any atom is -0.273 e. The van der Waals surface area contributed by atoms with Gasteiger partial charge in [-0.25, -0.2) is 5.01 Å². The predicted molar refractivity (Wildman–Crippen MR) is 75.8 cm³/mol. The highest BCUT2D eigenvalue weighted by molar-refractivity contribution is 6.04. The van der Waals surface area contributed by atoms with Gasteiger partial charge in [0, 0.05) is 30.8 Å². The van der Waals surface area contributed by atoms with Crippen LogP contribution in [0.15, 0.2) is 29.6 Å². The molecular weight excluding hydrogens is 238 g/mol. The average molecular weight is 259 g/mol. The van der Waals surface area contributed by atoms with E-state index >= 15 is 0 Å². The van der Waals surface area contributed by atoms with Crippen LogP contribution < -0.4 is 0 Å². The molecule has 19 heavy (non-hydrogen) atoms. The molecule has 0 spiro atoms. The van der Waals surface area contributed by atoms with Crippen molar-refractivity contribution in [2.75, 3.05) is 6.54 Å². The van der Waals surface area contributed by atoms with Crippen LogP contribution in [0.1, 0.15) is 45.1 Å². The molecule has 0 fully saturated rings. The van der Waals surface area contributed by atoms with Crippen LogP contribution >= 0.6 is 0 Å². The lowest BCUT2D eigenvalue weighted by Gasteiger charge is -2.13. The van der Waals surface area contributed by atoms with Crippen molar-refractivity contribution in [2.45, 2.75) is 39.5 Å². The summed E-state index contributed by atoms with van der Waals surface area (Å²) in [4.78, 5) is 15.6. The molecule has 1 aliphatic rings. The smallest absolute Gasteiger partial charge is 0.239 e. The monoisotopic (exact) mass is 259 g/mol. The number of amides is 1. The Labute approximate surface area is 114 Å². The lowest BCUT2D eigenvalue weighted by atomic mass is 9.93. The maximum atomic E-state index is 11.5. The molecule has 0 N–H and O–H groups in total. The second-order valence-electron chi connectivity index (χ2n) is 5.02. The first-order valence-corrected chi connectivity index (χ1v) is 6.99. The zero-order valence-corrected chi connectivity index (χ0v) is 11.7. The summed E-state index contributed by atoms with van der Waals surface area (Å²) in [5, 5.41) is 6.06. The molecule has 1 amide bonds. The standard InChI is InChI=1S/C15H21N3O/c1-3-4-5-7-14-11-18(12(2)19)17-15(14)13-8-6-9-16-10-13/h6,8-10,14H,3-5,7,11H2,1-2H3. The third-order valence-electron chi connectivity index (χ3n) is 3.49. The Kier molecular flexibility index (Phi) is 4.66. The van der Waals surface area contributed by atoms with Gasteiger partial charge in [-0.3, -0.25) is 9.78 Å². The molecular formula is C15H21N3O. The van der Waals surface area contributed by atoms with Gasteiger partial charge in [0.15, 0.2) is 0 Å². The van der Waals surface area contributed by atoms with Crippen molar-refractivity contribution in [2.24, 2.45) is 11.0 Å². The van der Waals surface area contributed by atoms with Gasteiger partial charge in [0.05, 0.1) is 12.3 Å². The Morgan fingerprint density at radius 3 is 2.95 bits per heavy atom. The first-order chi connectivity index (χ1) is 9.22. The van der Waals surface area contributed by atoms with Gasteiger partial charge in [-0.05, 0) is 18.6 Å². The molecule has 0 radical (unpaired) electrons. The van der Waals surface area contributed by atoms with Crippen molar-refractivity contribution in [1.29, 1.82) is 0 Å². The van der Waals surface area contributed by atoms with Crippen LogP contribution in [0, 0.1) is 5.92 Å². The maximum absolute atomic E-state index is 11.5. The van der Waals surface area contributed by atoms with Crippen molar-refractivity contribution in [1.82, 2.24) is 9.99 Å². The Morgan fingerprint density at radius 2 is 2.32 bits per heavy atom. The molecule has 0 aliphatic carbocycles. The molecule has 1 aromatic rings. The summed E-state index contributed by atoms with van der Waals surface area (Å²) in [6.45, 7) is 4.48. The lowest BCUT2D eigenvalue weighted by molar-refractivity contribution is -0.128. The van der Waals surface area contributed by atoms with Gasteiger partial charge in [0.1, 0.15) is 0 Å². The molecule has 2 rings (SSSR count). The number of rotatable bonds is 5. The average Bonchev–Trinajstić information content (AvgIpc) is 2.84. The van der Waals surface area contributed by atoms with E-state index in [-0.39, 0.29) is 5.91 Å². The fourth-order valence-corrected chi connectivity index (χ4v) is 2.42. The number of carbonyl (C=O) groups excluding carboxylic acids is 1. The van der Waals surface area contributed by atoms with Gasteiger partial charge >= 0.3 is 0 Å². The minimum absolute atomic E-state index is 0.0133. The number of nitrogens with zero attached hydrogens (tertiary/aromatic N) is 3. The first kappa shape index (κ1) is 13.7. The summed E-state index contributed by atoms with van der Waals surface area (Å²) in [6, 6.07) is 3.93. The Bertz CT molecular complexity index is 456. The van der Waals surface area contributed by atoms with E-state index in [0.29, 0.717) is 12.5 Å². The van der Waals surface area contributed by atoms with Crippen LogP contribution in [0.25, 0.3) is 0 Å². The van der Waals surface area contributed by atoms with Crippen LogP contribution in [-0.2, 0) is 4.79 Å². The van der Waals surface area contributed by atoms with Crippen molar-refractivity contribution >= 4 is 11.6 Å². The van der Waals surface area contributed by atoms with Gasteiger partial charge < -0.3 is 0 Å². The summed E-state index contributed by atoms with van der Waals surface area (Å²) in [7, 11) is 0. The van der Waals surface area contributed by atoms with E-state index in [9.17, 15) is 4.79 Å². The summed E-state index contributed by atoms with van der Waals surface area (Å²) < 4.78 is 0. The first-order valence-electron chi connectivity index (χ1n) is 6.99. The highest BCUT2D eigenvalue weighted by atomic mass is 16.2. The largest absolute Gasteiger partial charge is 0.273 e. The fraction of sp³-hybridized carbons (Fsp3) is 0.533. The predicted octanol–water partition coefficient (Wildman–Crippen LogP) is 2.84. The zero-order valence-electron chi connectivity index (χ0n) is 11.7. The second kappa shape index (κ2) is 6.45. The number of hydrogen-bond donors (Lipinski definition) is 0. The van der Waals surface area contributed by atoms with E-state index < -0.39 is 0 Å². The van der Waals surface area contributed by atoms with Crippen LogP contribution in [0.4, 0.5) is 0 Å². The topological polar surface area (TPSA) is 45.6 Å². The van der Waals surface area contributed by atoms with Gasteiger partial charge in [0.2, 0.25) is 5.91 Å². The molecule has 0 saturated heterocycles. The number of hydrogen-bond acceptors (Lipinski definition) is 3. The van der Waals surface area contributed by atoms with Crippen molar-refractivity contribution in [3.63, 3.8) is 0 Å². The third-order valence-corrected chi connectivity index (χ3v) is 3.49. The molecule has 1 aromatic heterocycles. The van der Waals surface area contributed by atoms with E-state index in [1.54, 1.807) is 18.1 Å². The van der Waals surface area contributed by atoms with E-state index in [2.05, 4.69) is 17.0 Å². The summed E-state index contributed by atoms with van der Waals surface area (Å²) in [6.07, 6.45) is 8.31. The van der Waals surface area contributed by atoms with Gasteiger partial charge in [0.25, 0.3) is 0 Å². The number of aromatic nitrogens is 1. The fourth-order valence-electron chi connectivity index (χ4n) is 2.42. The van der Waals surface area contributed by atoms with Gasteiger partial charge in [-0.15, -0.1) is 0 Å². The second-order valence-corrected chi connectivity index (χ2v) is 5.02. The van der Waals surface area contributed by atoms with E-state index in [4.69, 9.17) is 0 Å². The lowest BCUT2D eigenvalue weighted by Crippen LogP contribution is -2.24. The molecule has 0 saturated carbocycles. The highest BCUT2D eigenvalue weighted by Gasteiger charge is 2.29. The maximum Gasteiger partial charge on any atom is 0.239 e. The van der Waals surface area contributed by atoms with E-state index in [1.165, 1.54) is 19.3 Å². The van der Waals surface area contributed by atoms with Crippen LogP contribution in [-0.4, -0.2) is 28.2 Å². The number of pyridine rings is 1. The van der Waals surface area contributed by atoms with Crippen molar-refractivity contribution in [3.05, 3.63) is 30.1 Å². The summed E-state index contributed by atoms with van der Waals surface area (Å²) in [5.41, 5.74) is 2.05. The van der Waals surface area contributed by atoms with Crippen molar-refractivity contribution < 1.29 is 4.79 Å². The number of carbonyl (C=O) groups is 1. The third kappa shape index (κ3) is 3.40. The highest BCUT2D eigenvalue weighted by Crippen LogP contribution is 2.24. The minimum atomic E-state index is 0.0133. The SMILES string of the molecule is CCCCCC1CN(C(C)=O)N=C1c1cccnc1. The van der Waals surface area contributed by atoms with E-state index in [0.717, 1.165) is 17.7 Å². The molecule has 2 heterocycles. The molecule has 102 valence electrons. The number of hydrazone groups is 1. The molecule has 1 unspecified atom stereocenters. The molecule has 4 nitrogen and oxygen atoms in total. The van der Waals surface area contributed by atoms with Crippen LogP contribution in [0.3, 0.4) is 0 Å². The van der Waals surface area contributed by atoms with E-state index in [1.807, 2.05) is 18.3 Å². The van der Waals surface area contributed by atoms with Crippen LogP contribution in [0.2, 0.25) is 0 Å². The van der Waals surface area contributed by atoms with Gasteiger partial charge in [-0.2, -0.15) is 5.10 Å². The van der Waals surface area contributed by atoms with Gasteiger partial charge in [-0.1, -0.05) is 26.2 Å². The normalized spacial score (nSPS) is 18.5. The molecule has 4 heteroatoms. The summed E-state index contributed by atoms with van der Waals surface area (Å²) in [5.74, 6) is 0.360. The zero-order chi connectivity index (χ0) is 13.7. The Hall–Kier alpha value is -1.71. The Balaban J connectivity index is 2.14. The molecule has 1 atom stereocenters. The van der Waals surface area contributed by atoms with Crippen LogP contribution in [0.5, 0.6) is 0 Å². The quantitative estimate of drug-likeness (QED) is 0.763. The summed E-state index contributed by atoms with van der Waals surface area (Å²) >= 11 is 0. The molecule has 0 bridgehead atoms. The van der Waals surface area contributed by atoms with Crippen molar-refractivity contribution in [3.8, 4) is 0 Å². The Morgan fingerprint density at radius 1 is 1.47 bits per heavy atom. The molecule has 0 aromatic carbocycles. The molecule has 1 aliphatic heterocycles.